The average molecular weight is 695 g/mol. The van der Waals surface area contributed by atoms with Gasteiger partial charge < -0.3 is 9.97 Å². The number of fused-ring (bicyclic) bond motifs is 8. The Morgan fingerprint density at radius 3 is 1.73 bits per heavy atom. The van der Waals surface area contributed by atoms with Crippen LogP contribution in [-0.2, 0) is 10.1 Å². The van der Waals surface area contributed by atoms with Crippen LogP contribution in [0.3, 0.4) is 0 Å². The minimum Gasteiger partial charge on any atom is -0.355 e. The van der Waals surface area contributed by atoms with Gasteiger partial charge in [0.1, 0.15) is 0 Å². The van der Waals surface area contributed by atoms with Crippen molar-refractivity contribution in [2.24, 2.45) is 0 Å². The van der Waals surface area contributed by atoms with Crippen LogP contribution in [0.1, 0.15) is 28.3 Å². The highest BCUT2D eigenvalue weighted by Crippen LogP contribution is 2.46. The van der Waals surface area contributed by atoms with Crippen molar-refractivity contribution < 1.29 is 13.0 Å². The first-order valence-corrected chi connectivity index (χ1v) is 18.2. The van der Waals surface area contributed by atoms with Crippen molar-refractivity contribution in [1.82, 2.24) is 19.9 Å². The standard InChI is InChI=1S/C44H30N4O3S/c49-52(50,51)37-18-10-17-31(23-37)40-39-27-35-22-21-33(46-35)24-32-19-20-34(45-32)25-36-26-38(28-11-4-1-5-12-28)43(47-36)42(30-15-8-3-9-16-30)44(48-39)41(40)29-13-6-2-7-14-29/h1-27,45,48H,(H,49,50,51). The molecule has 8 heteroatoms. The summed E-state index contributed by atoms with van der Waals surface area (Å²) in [6.07, 6.45) is 6.04. The second kappa shape index (κ2) is 12.6. The van der Waals surface area contributed by atoms with Crippen molar-refractivity contribution in [2.75, 3.05) is 0 Å². The van der Waals surface area contributed by atoms with E-state index in [4.69, 9.17) is 9.97 Å². The highest BCUT2D eigenvalue weighted by Gasteiger charge is 2.25. The van der Waals surface area contributed by atoms with Crippen molar-refractivity contribution in [1.29, 1.82) is 0 Å². The van der Waals surface area contributed by atoms with Crippen LogP contribution < -0.4 is 0 Å². The molecule has 4 aromatic carbocycles. The molecule has 3 aromatic heterocycles. The maximum Gasteiger partial charge on any atom is 0.294 e. The molecule has 8 bridgehead atoms. The summed E-state index contributed by atoms with van der Waals surface area (Å²) in [6, 6.07) is 46.9. The van der Waals surface area contributed by atoms with Crippen LogP contribution in [0.25, 0.3) is 79.2 Å². The molecule has 7 nitrogen and oxygen atoms in total. The summed E-state index contributed by atoms with van der Waals surface area (Å²) in [5.41, 5.74) is 13.3. The number of aromatic nitrogens is 4. The Hall–Kier alpha value is -6.61. The van der Waals surface area contributed by atoms with Gasteiger partial charge in [-0.2, -0.15) is 8.42 Å². The van der Waals surface area contributed by atoms with E-state index >= 15 is 0 Å². The highest BCUT2D eigenvalue weighted by atomic mass is 32.2. The molecule has 0 saturated carbocycles. The number of aromatic amines is 2. The molecular formula is C44H30N4O3S. The third-order valence-corrected chi connectivity index (χ3v) is 10.1. The van der Waals surface area contributed by atoms with Crippen LogP contribution in [0.15, 0.2) is 150 Å². The lowest BCUT2D eigenvalue weighted by atomic mass is 9.91. The van der Waals surface area contributed by atoms with Gasteiger partial charge in [0, 0.05) is 38.8 Å². The number of nitrogens with one attached hydrogen (secondary N) is 2. The molecule has 52 heavy (non-hydrogen) atoms. The second-order valence-corrected chi connectivity index (χ2v) is 14.1. The average Bonchev–Trinajstić information content (AvgIpc) is 3.97. The van der Waals surface area contributed by atoms with Crippen molar-refractivity contribution in [3.8, 4) is 33.4 Å². The summed E-state index contributed by atoms with van der Waals surface area (Å²) in [6.45, 7) is 0. The Morgan fingerprint density at radius 1 is 0.500 bits per heavy atom. The van der Waals surface area contributed by atoms with Gasteiger partial charge >= 0.3 is 0 Å². The van der Waals surface area contributed by atoms with E-state index in [0.29, 0.717) is 11.1 Å². The molecule has 0 atom stereocenters. The van der Waals surface area contributed by atoms with Crippen molar-refractivity contribution in [3.63, 3.8) is 0 Å². The zero-order chi connectivity index (χ0) is 35.2. The molecule has 0 radical (unpaired) electrons. The first-order chi connectivity index (χ1) is 25.4. The predicted octanol–water partition coefficient (Wildman–Crippen LogP) is 10.3. The Labute approximate surface area is 300 Å². The third kappa shape index (κ3) is 5.86. The van der Waals surface area contributed by atoms with Gasteiger partial charge in [0.15, 0.2) is 0 Å². The van der Waals surface area contributed by atoms with E-state index in [-0.39, 0.29) is 4.90 Å². The van der Waals surface area contributed by atoms with Crippen LogP contribution in [0, 0.1) is 0 Å². The SMILES string of the molecule is O=S(=O)(O)c1cccc(-c2c(-c3ccccc3)c3[nH]c2cc2nc(cc4ccc(cc5nc(c3-c3ccccc3)C(c3ccccc3)=C5)[nH]4)C=C2)c1. The van der Waals surface area contributed by atoms with Gasteiger partial charge in [-0.05, 0) is 82.9 Å². The summed E-state index contributed by atoms with van der Waals surface area (Å²) in [5, 5.41) is 0. The summed E-state index contributed by atoms with van der Waals surface area (Å²) < 4.78 is 35.0. The second-order valence-electron chi connectivity index (χ2n) is 12.7. The van der Waals surface area contributed by atoms with E-state index in [0.717, 1.165) is 78.3 Å². The van der Waals surface area contributed by atoms with E-state index in [2.05, 4.69) is 40.3 Å². The monoisotopic (exact) mass is 694 g/mol. The molecular weight excluding hydrogens is 665 g/mol. The number of nitrogens with zero attached hydrogens (tertiary/aromatic N) is 2. The van der Waals surface area contributed by atoms with Crippen LogP contribution in [-0.4, -0.2) is 32.9 Å². The molecule has 9 rings (SSSR count). The summed E-state index contributed by atoms with van der Waals surface area (Å²) in [4.78, 5) is 17.4. The van der Waals surface area contributed by atoms with E-state index < -0.39 is 10.1 Å². The Kier molecular flexibility index (Phi) is 7.61. The molecule has 0 aliphatic carbocycles. The zero-order valence-electron chi connectivity index (χ0n) is 27.7. The van der Waals surface area contributed by atoms with Gasteiger partial charge in [-0.3, -0.25) is 4.55 Å². The fourth-order valence-corrected chi connectivity index (χ4v) is 7.51. The quantitative estimate of drug-likeness (QED) is 0.155. The molecule has 250 valence electrons. The summed E-state index contributed by atoms with van der Waals surface area (Å²) >= 11 is 0. The molecule has 7 aromatic rings. The molecule has 2 aliphatic heterocycles. The number of hydrogen-bond donors (Lipinski definition) is 3. The molecule has 3 N–H and O–H groups in total. The van der Waals surface area contributed by atoms with Crippen molar-refractivity contribution in [2.45, 2.75) is 4.90 Å². The van der Waals surface area contributed by atoms with E-state index in [1.165, 1.54) is 12.1 Å². The lowest BCUT2D eigenvalue weighted by Gasteiger charge is -2.12. The van der Waals surface area contributed by atoms with Gasteiger partial charge in [-0.25, -0.2) is 9.97 Å². The van der Waals surface area contributed by atoms with Gasteiger partial charge in [0.05, 0.1) is 33.2 Å². The molecule has 0 saturated heterocycles. The lowest BCUT2D eigenvalue weighted by molar-refractivity contribution is 0.483. The van der Waals surface area contributed by atoms with Gasteiger partial charge in [0.2, 0.25) is 0 Å². The smallest absolute Gasteiger partial charge is 0.294 e. The summed E-state index contributed by atoms with van der Waals surface area (Å²) in [5.74, 6) is 0. The number of hydrogen-bond acceptors (Lipinski definition) is 4. The molecule has 0 amide bonds. The Bertz CT molecular complexity index is 2860. The maximum absolute atomic E-state index is 12.5. The van der Waals surface area contributed by atoms with Gasteiger partial charge in [0.25, 0.3) is 10.1 Å². The Morgan fingerprint density at radius 2 is 1.08 bits per heavy atom. The van der Waals surface area contributed by atoms with Gasteiger partial charge in [-0.1, -0.05) is 103 Å². The van der Waals surface area contributed by atoms with Crippen LogP contribution >= 0.6 is 0 Å². The highest BCUT2D eigenvalue weighted by molar-refractivity contribution is 7.85. The fraction of sp³-hybridized carbons (Fsp3) is 0. The van der Waals surface area contributed by atoms with E-state index in [1.54, 1.807) is 6.07 Å². The lowest BCUT2D eigenvalue weighted by Crippen LogP contribution is -1.98. The van der Waals surface area contributed by atoms with Gasteiger partial charge in [-0.15, -0.1) is 0 Å². The number of rotatable bonds is 5. The zero-order valence-corrected chi connectivity index (χ0v) is 28.5. The first-order valence-electron chi connectivity index (χ1n) is 16.8. The summed E-state index contributed by atoms with van der Waals surface area (Å²) in [7, 11) is -4.49. The predicted molar refractivity (Wildman–Crippen MR) is 209 cm³/mol. The number of H-pyrrole nitrogens is 2. The molecule has 0 spiro atoms. The van der Waals surface area contributed by atoms with Crippen LogP contribution in [0.2, 0.25) is 0 Å². The molecule has 0 unspecified atom stereocenters. The van der Waals surface area contributed by atoms with Crippen molar-refractivity contribution >= 4 is 56.0 Å². The third-order valence-electron chi connectivity index (χ3n) is 9.25. The Balaban J connectivity index is 1.54. The minimum absolute atomic E-state index is 0.193. The molecule has 5 heterocycles. The minimum atomic E-state index is -4.49. The van der Waals surface area contributed by atoms with Crippen LogP contribution in [0.4, 0.5) is 0 Å². The van der Waals surface area contributed by atoms with E-state index in [9.17, 15) is 13.0 Å². The topological polar surface area (TPSA) is 112 Å². The molecule has 0 fully saturated rings. The normalized spacial score (nSPS) is 12.5. The van der Waals surface area contributed by atoms with Crippen molar-refractivity contribution in [3.05, 3.63) is 174 Å². The van der Waals surface area contributed by atoms with Crippen LogP contribution in [0.5, 0.6) is 0 Å². The largest absolute Gasteiger partial charge is 0.355 e. The maximum atomic E-state index is 12.5. The number of benzene rings is 4. The first kappa shape index (κ1) is 31.4. The van der Waals surface area contributed by atoms with E-state index in [1.807, 2.05) is 115 Å². The molecule has 2 aliphatic rings. The fourth-order valence-electron chi connectivity index (χ4n) is 6.98.